The fourth-order valence-corrected chi connectivity index (χ4v) is 2.73. The van der Waals surface area contributed by atoms with Gasteiger partial charge < -0.3 is 9.11 Å². The van der Waals surface area contributed by atoms with Crippen molar-refractivity contribution in [3.8, 4) is 0 Å². The molecule has 0 heterocycles. The van der Waals surface area contributed by atoms with Crippen LogP contribution in [0.2, 0.25) is 0 Å². The maximum Gasteiger partial charge on any atom is 0.403 e. The summed E-state index contributed by atoms with van der Waals surface area (Å²) in [7, 11) is -6.49. The van der Waals surface area contributed by atoms with Crippen LogP contribution < -0.4 is 0 Å². The van der Waals surface area contributed by atoms with E-state index in [0.717, 1.165) is 0 Å². The molecule has 2 N–H and O–H groups in total. The smallest absolute Gasteiger partial charge is 0.304 e. The van der Waals surface area contributed by atoms with Gasteiger partial charge in [-0.2, -0.15) is 13.2 Å². The Morgan fingerprint density at radius 2 is 1.71 bits per heavy atom. The van der Waals surface area contributed by atoms with Crippen molar-refractivity contribution in [1.82, 2.24) is 0 Å². The van der Waals surface area contributed by atoms with Gasteiger partial charge in [0, 0.05) is 0 Å². The minimum atomic E-state index is -6.49. The molecular weight excluding hydrogens is 271 g/mol. The van der Waals surface area contributed by atoms with Gasteiger partial charge in [0.25, 0.3) is 0 Å². The molecule has 3 nitrogen and oxygen atoms in total. The zero-order valence-electron chi connectivity index (χ0n) is 8.04. The van der Waals surface area contributed by atoms with Crippen LogP contribution >= 0.6 is 0 Å². The van der Waals surface area contributed by atoms with Gasteiger partial charge in [-0.25, -0.2) is 13.0 Å². The first kappa shape index (κ1) is 14.0. The summed E-state index contributed by atoms with van der Waals surface area (Å²) in [6.07, 6.45) is -5.22. The summed E-state index contributed by atoms with van der Waals surface area (Å²) >= 11 is 0. The Bertz CT molecular complexity index is 504. The number of benzene rings is 1. The van der Waals surface area contributed by atoms with Gasteiger partial charge in [0.2, 0.25) is 0 Å². The van der Waals surface area contributed by atoms with Crippen LogP contribution in [0.3, 0.4) is 0 Å². The van der Waals surface area contributed by atoms with Crippen molar-refractivity contribution in [2.45, 2.75) is 11.1 Å². The van der Waals surface area contributed by atoms with E-state index in [4.69, 9.17) is 9.11 Å². The molecule has 0 spiro atoms. The van der Waals surface area contributed by atoms with Crippen LogP contribution in [0.1, 0.15) is 0 Å². The third-order valence-electron chi connectivity index (χ3n) is 1.78. The van der Waals surface area contributed by atoms with Crippen LogP contribution in [0.25, 0.3) is 0 Å². The molecule has 0 aromatic heterocycles. The second kappa shape index (κ2) is 3.72. The van der Waals surface area contributed by atoms with Crippen molar-refractivity contribution >= 4 is 9.63 Å². The summed E-state index contributed by atoms with van der Waals surface area (Å²) < 4.78 is 91.3. The van der Waals surface area contributed by atoms with Gasteiger partial charge >= 0.3 is 6.18 Å². The van der Waals surface area contributed by atoms with Crippen LogP contribution in [-0.4, -0.2) is 25.2 Å². The van der Waals surface area contributed by atoms with E-state index in [9.17, 15) is 26.2 Å². The van der Waals surface area contributed by atoms with Crippen LogP contribution in [0, 0.1) is 11.6 Å². The summed E-state index contributed by atoms with van der Waals surface area (Å²) in [6.45, 7) is 0. The largest absolute Gasteiger partial charge is 0.403 e. The first-order valence-corrected chi connectivity index (χ1v) is 6.12. The van der Waals surface area contributed by atoms with Crippen molar-refractivity contribution in [3.05, 3.63) is 29.8 Å². The van der Waals surface area contributed by atoms with E-state index in [-0.39, 0.29) is 0 Å². The molecule has 0 saturated carbocycles. The SMILES string of the molecule is O=S(O)(O)(CC(F)(F)F)c1cccc(F)c1F. The second-order valence-corrected chi connectivity index (χ2v) is 6.09. The van der Waals surface area contributed by atoms with Gasteiger partial charge in [-0.3, -0.25) is 0 Å². The first-order chi connectivity index (χ1) is 7.41. The number of hydrogen-bond acceptors (Lipinski definition) is 1. The van der Waals surface area contributed by atoms with E-state index in [1.807, 2.05) is 0 Å². The molecule has 0 bridgehead atoms. The number of halogens is 5. The number of alkyl halides is 3. The Balaban J connectivity index is 3.39. The van der Waals surface area contributed by atoms with Crippen LogP contribution in [-0.2, 0) is 9.63 Å². The van der Waals surface area contributed by atoms with E-state index >= 15 is 0 Å². The molecule has 0 amide bonds. The Labute approximate surface area is 92.3 Å². The molecule has 0 aliphatic heterocycles. The standard InChI is InChI=1S/C8H7F5O3S/c9-5-2-1-3-6(7(5)10)17(14,15,16)4-8(11,12)13/h1-3H,4H2,(H2,14,15,16). The molecule has 0 atom stereocenters. The number of rotatable bonds is 2. The van der Waals surface area contributed by atoms with Crippen molar-refractivity contribution in [3.63, 3.8) is 0 Å². The Morgan fingerprint density at radius 1 is 1.18 bits per heavy atom. The maximum absolute atomic E-state index is 13.1. The summed E-state index contributed by atoms with van der Waals surface area (Å²) in [6, 6.07) is 1.67. The molecule has 1 aromatic carbocycles. The van der Waals surface area contributed by atoms with Crippen molar-refractivity contribution in [1.29, 1.82) is 0 Å². The minimum Gasteiger partial charge on any atom is -0.304 e. The molecule has 0 radical (unpaired) electrons. The predicted molar refractivity (Wildman–Crippen MR) is 48.9 cm³/mol. The highest BCUT2D eigenvalue weighted by Gasteiger charge is 2.47. The predicted octanol–water partition coefficient (Wildman–Crippen LogP) is 2.65. The molecule has 0 unspecified atom stereocenters. The highest BCUT2D eigenvalue weighted by atomic mass is 32.3. The zero-order chi connectivity index (χ0) is 13.5. The van der Waals surface area contributed by atoms with Gasteiger partial charge in [-0.15, -0.1) is 0 Å². The normalized spacial score (nSPS) is 15.4. The molecule has 1 aromatic rings. The molecule has 98 valence electrons. The van der Waals surface area contributed by atoms with E-state index < -0.39 is 38.1 Å². The lowest BCUT2D eigenvalue weighted by Gasteiger charge is -2.31. The Hall–Kier alpha value is -1.06. The fourth-order valence-electron chi connectivity index (χ4n) is 1.17. The number of hydrogen-bond donors (Lipinski definition) is 2. The highest BCUT2D eigenvalue weighted by molar-refractivity contribution is 8.10. The molecule has 0 aliphatic rings. The lowest BCUT2D eigenvalue weighted by Crippen LogP contribution is -2.43. The van der Waals surface area contributed by atoms with E-state index in [2.05, 4.69) is 0 Å². The summed E-state index contributed by atoms with van der Waals surface area (Å²) in [4.78, 5) is -1.61. The van der Waals surface area contributed by atoms with Crippen LogP contribution in [0.15, 0.2) is 23.1 Å². The average molecular weight is 278 g/mol. The molecule has 0 fully saturated rings. The highest BCUT2D eigenvalue weighted by Crippen LogP contribution is 2.37. The Morgan fingerprint density at radius 3 is 2.18 bits per heavy atom. The average Bonchev–Trinajstić information content (AvgIpc) is 2.03. The van der Waals surface area contributed by atoms with Crippen LogP contribution in [0.5, 0.6) is 0 Å². The van der Waals surface area contributed by atoms with Gasteiger partial charge in [0.15, 0.2) is 11.6 Å². The summed E-state index contributed by atoms with van der Waals surface area (Å²) in [5.74, 6) is -6.18. The summed E-state index contributed by atoms with van der Waals surface area (Å²) in [5.41, 5.74) is 0. The topological polar surface area (TPSA) is 57.5 Å². The van der Waals surface area contributed by atoms with Gasteiger partial charge in [-0.05, 0) is 12.1 Å². The lowest BCUT2D eigenvalue weighted by atomic mass is 10.3. The van der Waals surface area contributed by atoms with Gasteiger partial charge in [0.1, 0.15) is 20.3 Å². The van der Waals surface area contributed by atoms with E-state index in [1.54, 1.807) is 0 Å². The summed E-state index contributed by atoms with van der Waals surface area (Å²) in [5, 5.41) is 0. The third kappa shape index (κ3) is 3.20. The molecule has 17 heavy (non-hydrogen) atoms. The van der Waals surface area contributed by atoms with Gasteiger partial charge in [0.05, 0.1) is 0 Å². The van der Waals surface area contributed by atoms with Crippen LogP contribution in [0.4, 0.5) is 22.0 Å². The lowest BCUT2D eigenvalue weighted by molar-refractivity contribution is -0.109. The second-order valence-electron chi connectivity index (χ2n) is 3.33. The van der Waals surface area contributed by atoms with Crippen molar-refractivity contribution in [2.24, 2.45) is 0 Å². The first-order valence-electron chi connectivity index (χ1n) is 4.07. The molecule has 0 aliphatic carbocycles. The third-order valence-corrected chi connectivity index (χ3v) is 3.83. The van der Waals surface area contributed by atoms with E-state index in [1.165, 1.54) is 0 Å². The van der Waals surface area contributed by atoms with Crippen molar-refractivity contribution in [2.75, 3.05) is 5.75 Å². The quantitative estimate of drug-likeness (QED) is 0.818. The minimum absolute atomic E-state index is 0.416. The van der Waals surface area contributed by atoms with Gasteiger partial charge in [-0.1, -0.05) is 6.07 Å². The molecular formula is C8H7F5O3S. The van der Waals surface area contributed by atoms with Crippen molar-refractivity contribution < 1.29 is 35.3 Å². The fraction of sp³-hybridized carbons (Fsp3) is 0.250. The zero-order valence-corrected chi connectivity index (χ0v) is 8.86. The molecule has 0 saturated heterocycles. The maximum atomic E-state index is 13.1. The van der Waals surface area contributed by atoms with E-state index in [0.29, 0.717) is 18.2 Å². The monoisotopic (exact) mass is 278 g/mol. The molecule has 9 heteroatoms. The Kier molecular flexibility index (Phi) is 3.06. The molecule has 1 rings (SSSR count).